The van der Waals surface area contributed by atoms with Gasteiger partial charge in [-0.1, -0.05) is 11.6 Å². The van der Waals surface area contributed by atoms with Crippen LogP contribution >= 0.6 is 11.6 Å². The van der Waals surface area contributed by atoms with Gasteiger partial charge < -0.3 is 10.2 Å². The molecule has 2 N–H and O–H groups in total. The number of carbonyl (C=O) groups excluding carboxylic acids is 1. The smallest absolute Gasteiger partial charge is 0.320 e. The molecule has 3 aromatic heterocycles. The molecule has 0 radical (unpaired) electrons. The molecule has 1 fully saturated rings. The first-order valence-electron chi connectivity index (χ1n) is 10.1. The Morgan fingerprint density at radius 2 is 2.03 bits per heavy atom. The predicted molar refractivity (Wildman–Crippen MR) is 119 cm³/mol. The van der Waals surface area contributed by atoms with Crippen molar-refractivity contribution in [2.24, 2.45) is 0 Å². The van der Waals surface area contributed by atoms with Crippen LogP contribution < -0.4 is 15.5 Å². The molecule has 0 spiro atoms. The highest BCUT2D eigenvalue weighted by molar-refractivity contribution is 6.32. The van der Waals surface area contributed by atoms with Gasteiger partial charge in [0.15, 0.2) is 11.0 Å². The van der Waals surface area contributed by atoms with Gasteiger partial charge in [0.2, 0.25) is 0 Å². The van der Waals surface area contributed by atoms with Crippen molar-refractivity contribution < 1.29 is 4.79 Å². The fraction of sp³-hybridized carbons (Fsp3) is 0.350. The topological polar surface area (TPSA) is 104 Å². The number of urea groups is 1. The van der Waals surface area contributed by atoms with Crippen molar-refractivity contribution in [2.45, 2.75) is 13.5 Å². The monoisotopic (exact) mass is 441 g/mol. The molecule has 2 amide bonds. The highest BCUT2D eigenvalue weighted by atomic mass is 35.5. The van der Waals surface area contributed by atoms with Gasteiger partial charge >= 0.3 is 6.03 Å². The van der Waals surface area contributed by atoms with E-state index in [1.807, 2.05) is 31.3 Å². The molecule has 11 heteroatoms. The number of halogens is 1. The predicted octanol–water partition coefficient (Wildman–Crippen LogP) is 2.17. The molecule has 0 saturated carbocycles. The minimum atomic E-state index is -0.273. The van der Waals surface area contributed by atoms with Crippen molar-refractivity contribution in [2.75, 3.05) is 42.9 Å². The van der Waals surface area contributed by atoms with Crippen LogP contribution in [0.2, 0.25) is 5.15 Å². The van der Waals surface area contributed by atoms with Gasteiger partial charge in [-0.25, -0.2) is 24.4 Å². The molecule has 0 aromatic carbocycles. The van der Waals surface area contributed by atoms with Crippen LogP contribution in [0.5, 0.6) is 0 Å². The minimum Gasteiger partial charge on any atom is -0.366 e. The molecule has 0 bridgehead atoms. The van der Waals surface area contributed by atoms with E-state index in [1.165, 1.54) is 6.33 Å². The lowest BCUT2D eigenvalue weighted by Gasteiger charge is -2.36. The molecule has 0 unspecified atom stereocenters. The third kappa shape index (κ3) is 5.28. The molecule has 1 aliphatic rings. The molecular weight excluding hydrogens is 418 g/mol. The van der Waals surface area contributed by atoms with Crippen LogP contribution in [0.25, 0.3) is 5.82 Å². The minimum absolute atomic E-state index is 0.273. The zero-order chi connectivity index (χ0) is 21.6. The van der Waals surface area contributed by atoms with E-state index in [9.17, 15) is 4.79 Å². The summed E-state index contributed by atoms with van der Waals surface area (Å²) in [5, 5.41) is 10.1. The molecule has 4 heterocycles. The van der Waals surface area contributed by atoms with Gasteiger partial charge in [0, 0.05) is 57.7 Å². The van der Waals surface area contributed by atoms with Gasteiger partial charge in [0.1, 0.15) is 12.1 Å². The second-order valence-electron chi connectivity index (χ2n) is 7.07. The van der Waals surface area contributed by atoms with Crippen molar-refractivity contribution in [1.29, 1.82) is 0 Å². The SMILES string of the molecule is CCNC(=O)Nc1cc(CN2CCN(c3ccc(-n4cccn4)nc3Cl)CC2)ncn1. The van der Waals surface area contributed by atoms with E-state index in [0.29, 0.717) is 29.9 Å². The lowest BCUT2D eigenvalue weighted by molar-refractivity contribution is 0.247. The zero-order valence-electron chi connectivity index (χ0n) is 17.2. The number of rotatable bonds is 6. The lowest BCUT2D eigenvalue weighted by atomic mass is 10.2. The summed E-state index contributed by atoms with van der Waals surface area (Å²) in [6.07, 6.45) is 5.01. The van der Waals surface area contributed by atoms with Gasteiger partial charge in [-0.3, -0.25) is 10.2 Å². The van der Waals surface area contributed by atoms with E-state index in [-0.39, 0.29) is 6.03 Å². The number of amides is 2. The van der Waals surface area contributed by atoms with Gasteiger partial charge in [0.25, 0.3) is 0 Å². The summed E-state index contributed by atoms with van der Waals surface area (Å²) >= 11 is 6.46. The Morgan fingerprint density at radius 3 is 2.74 bits per heavy atom. The van der Waals surface area contributed by atoms with Gasteiger partial charge in [-0.2, -0.15) is 5.10 Å². The number of nitrogens with zero attached hydrogens (tertiary/aromatic N) is 7. The molecule has 162 valence electrons. The Kier molecular flexibility index (Phi) is 6.58. The van der Waals surface area contributed by atoms with Crippen molar-refractivity contribution in [3.63, 3.8) is 0 Å². The summed E-state index contributed by atoms with van der Waals surface area (Å²) in [4.78, 5) is 29.1. The number of pyridine rings is 1. The maximum Gasteiger partial charge on any atom is 0.320 e. The van der Waals surface area contributed by atoms with E-state index in [2.05, 4.69) is 40.5 Å². The third-order valence-electron chi connectivity index (χ3n) is 4.95. The molecule has 10 nitrogen and oxygen atoms in total. The standard InChI is InChI=1S/C20H24ClN9O/c1-2-22-20(31)26-17-12-15(23-14-24-17)13-28-8-10-29(11-9-28)16-4-5-18(27-19(16)21)30-7-3-6-25-30/h3-7,12,14H,2,8-11,13H2,1H3,(H2,22,23,24,26,31). The quantitative estimate of drug-likeness (QED) is 0.565. The van der Waals surface area contributed by atoms with E-state index < -0.39 is 0 Å². The third-order valence-corrected chi connectivity index (χ3v) is 5.23. The van der Waals surface area contributed by atoms with E-state index >= 15 is 0 Å². The number of piperazine rings is 1. The number of hydrogen-bond acceptors (Lipinski definition) is 7. The van der Waals surface area contributed by atoms with Crippen molar-refractivity contribution >= 4 is 29.1 Å². The van der Waals surface area contributed by atoms with Crippen LogP contribution in [0.3, 0.4) is 0 Å². The second kappa shape index (κ2) is 9.71. The molecule has 0 atom stereocenters. The summed E-state index contributed by atoms with van der Waals surface area (Å²) in [6, 6.07) is 7.29. The summed E-state index contributed by atoms with van der Waals surface area (Å²) in [7, 11) is 0. The second-order valence-corrected chi connectivity index (χ2v) is 7.43. The summed E-state index contributed by atoms with van der Waals surface area (Å²) in [5.74, 6) is 1.18. The fourth-order valence-electron chi connectivity index (χ4n) is 3.43. The number of nitrogens with one attached hydrogen (secondary N) is 2. The summed E-state index contributed by atoms with van der Waals surface area (Å²) in [6.45, 7) is 6.49. The summed E-state index contributed by atoms with van der Waals surface area (Å²) in [5.41, 5.74) is 1.78. The highest BCUT2D eigenvalue weighted by Gasteiger charge is 2.20. The lowest BCUT2D eigenvalue weighted by Crippen LogP contribution is -2.46. The summed E-state index contributed by atoms with van der Waals surface area (Å²) < 4.78 is 1.68. The van der Waals surface area contributed by atoms with Gasteiger partial charge in [-0.15, -0.1) is 0 Å². The average molecular weight is 442 g/mol. The van der Waals surface area contributed by atoms with Crippen LogP contribution in [0.1, 0.15) is 12.6 Å². The van der Waals surface area contributed by atoms with Gasteiger partial charge in [-0.05, 0) is 25.1 Å². The Morgan fingerprint density at radius 1 is 1.19 bits per heavy atom. The zero-order valence-corrected chi connectivity index (χ0v) is 18.0. The first-order valence-corrected chi connectivity index (χ1v) is 10.5. The van der Waals surface area contributed by atoms with Crippen LogP contribution in [0, 0.1) is 0 Å². The Hall–Kier alpha value is -3.24. The molecule has 3 aromatic rings. The van der Waals surface area contributed by atoms with Crippen LogP contribution in [0.15, 0.2) is 43.0 Å². The van der Waals surface area contributed by atoms with Crippen LogP contribution in [0.4, 0.5) is 16.3 Å². The number of aromatic nitrogens is 5. The first-order chi connectivity index (χ1) is 15.1. The molecule has 0 aliphatic carbocycles. The average Bonchev–Trinajstić information content (AvgIpc) is 3.30. The molecule has 4 rings (SSSR count). The Bertz CT molecular complexity index is 1020. The van der Waals surface area contributed by atoms with E-state index in [1.54, 1.807) is 16.9 Å². The van der Waals surface area contributed by atoms with Crippen molar-refractivity contribution in [3.8, 4) is 5.82 Å². The van der Waals surface area contributed by atoms with E-state index in [4.69, 9.17) is 11.6 Å². The number of carbonyl (C=O) groups is 1. The Balaban J connectivity index is 1.33. The number of anilines is 2. The van der Waals surface area contributed by atoms with Crippen LogP contribution in [-0.2, 0) is 6.54 Å². The first kappa shape index (κ1) is 21.0. The molecule has 1 aliphatic heterocycles. The normalized spacial score (nSPS) is 14.5. The van der Waals surface area contributed by atoms with Gasteiger partial charge in [0.05, 0.1) is 11.4 Å². The highest BCUT2D eigenvalue weighted by Crippen LogP contribution is 2.26. The fourth-order valence-corrected chi connectivity index (χ4v) is 3.70. The number of hydrogen-bond donors (Lipinski definition) is 2. The van der Waals surface area contributed by atoms with E-state index in [0.717, 1.165) is 37.6 Å². The molecule has 31 heavy (non-hydrogen) atoms. The maximum atomic E-state index is 11.7. The van der Waals surface area contributed by atoms with Crippen LogP contribution in [-0.4, -0.2) is 68.4 Å². The maximum absolute atomic E-state index is 11.7. The largest absolute Gasteiger partial charge is 0.366 e. The van der Waals surface area contributed by atoms with Crippen molar-refractivity contribution in [3.05, 3.63) is 53.8 Å². The Labute approximate surface area is 185 Å². The molecular formula is C20H24ClN9O. The molecule has 1 saturated heterocycles. The van der Waals surface area contributed by atoms with Crippen molar-refractivity contribution in [1.82, 2.24) is 34.9 Å².